The number of rotatable bonds is 55. The molecule has 0 aliphatic heterocycles. The van der Waals surface area contributed by atoms with Gasteiger partial charge in [-0.25, -0.2) is 0 Å². The number of nitrogens with one attached hydrogen (secondary N) is 1. The number of unbranched alkanes of at least 4 members (excludes halogenated alkanes) is 42. The fraction of sp³-hybridized carbons (Fsp3) is 0.917. The van der Waals surface area contributed by atoms with Crippen LogP contribution in [0.5, 0.6) is 0 Å². The molecule has 0 bridgehead atoms. The Morgan fingerprint density at radius 3 is 0.969 bits per heavy atom. The topological polar surface area (TPSA) is 89.8 Å². The van der Waals surface area contributed by atoms with Crippen LogP contribution in [0, 0.1) is 0 Å². The minimum Gasteiger partial charge on any atom is -0.394 e. The summed E-state index contributed by atoms with van der Waals surface area (Å²) >= 11 is 0. The molecule has 0 heterocycles. The molecule has 65 heavy (non-hydrogen) atoms. The Kier molecular flexibility index (Phi) is 54.4. The van der Waals surface area contributed by atoms with E-state index in [1.54, 1.807) is 0 Å². The maximum atomic E-state index is 12.5. The summed E-state index contributed by atoms with van der Waals surface area (Å²) in [5.41, 5.74) is 0. The van der Waals surface area contributed by atoms with Crippen LogP contribution in [0.15, 0.2) is 24.3 Å². The average Bonchev–Trinajstić information content (AvgIpc) is 3.30. The number of carbonyl (C=O) groups is 1. The molecule has 0 aliphatic rings. The zero-order valence-electron chi connectivity index (χ0n) is 44.1. The van der Waals surface area contributed by atoms with Gasteiger partial charge in [-0.2, -0.15) is 0 Å². The molecule has 0 saturated carbocycles. The highest BCUT2D eigenvalue weighted by Crippen LogP contribution is 2.18. The van der Waals surface area contributed by atoms with E-state index in [0.717, 1.165) is 32.1 Å². The molecule has 0 fully saturated rings. The van der Waals surface area contributed by atoms with Crippen molar-refractivity contribution in [1.82, 2.24) is 5.32 Å². The summed E-state index contributed by atoms with van der Waals surface area (Å²) in [5.74, 6) is -0.278. The number of allylic oxidation sites excluding steroid dienone is 4. The molecule has 0 spiro atoms. The third kappa shape index (κ3) is 52.1. The summed E-state index contributed by atoms with van der Waals surface area (Å²) in [6.45, 7) is 4.30. The first-order valence-electron chi connectivity index (χ1n) is 29.6. The molecular weight excluding hydrogens is 799 g/mol. The van der Waals surface area contributed by atoms with Crippen LogP contribution in [0.1, 0.15) is 328 Å². The maximum Gasteiger partial charge on any atom is 0.222 e. The molecular formula is C60H117NO4. The van der Waals surface area contributed by atoms with Gasteiger partial charge in [0.15, 0.2) is 0 Å². The molecule has 386 valence electrons. The Hall–Kier alpha value is -1.17. The van der Waals surface area contributed by atoms with Gasteiger partial charge in [0, 0.05) is 0 Å². The van der Waals surface area contributed by atoms with E-state index in [-0.39, 0.29) is 18.9 Å². The summed E-state index contributed by atoms with van der Waals surface area (Å²) in [5, 5.41) is 33.6. The van der Waals surface area contributed by atoms with Gasteiger partial charge in [0.25, 0.3) is 0 Å². The predicted molar refractivity (Wildman–Crippen MR) is 287 cm³/mol. The molecule has 1 amide bonds. The predicted octanol–water partition coefficient (Wildman–Crippen LogP) is 18.5. The normalized spacial score (nSPS) is 13.4. The summed E-state index contributed by atoms with van der Waals surface area (Å²) in [6.07, 6.45) is 70.6. The molecule has 0 aromatic heterocycles. The number of aliphatic hydroxyl groups excluding tert-OH is 3. The van der Waals surface area contributed by atoms with Crippen LogP contribution in [0.2, 0.25) is 0 Å². The van der Waals surface area contributed by atoms with E-state index in [1.807, 2.05) is 0 Å². The smallest absolute Gasteiger partial charge is 0.222 e. The third-order valence-electron chi connectivity index (χ3n) is 14.0. The Morgan fingerprint density at radius 1 is 0.385 bits per heavy atom. The van der Waals surface area contributed by atoms with Crippen molar-refractivity contribution in [3.8, 4) is 0 Å². The van der Waals surface area contributed by atoms with Crippen molar-refractivity contribution >= 4 is 5.91 Å². The molecule has 5 nitrogen and oxygen atoms in total. The lowest BCUT2D eigenvalue weighted by Crippen LogP contribution is -2.46. The third-order valence-corrected chi connectivity index (χ3v) is 14.0. The van der Waals surface area contributed by atoms with Gasteiger partial charge in [-0.1, -0.05) is 301 Å². The fourth-order valence-electron chi connectivity index (χ4n) is 9.50. The van der Waals surface area contributed by atoms with Crippen LogP contribution < -0.4 is 5.32 Å². The second kappa shape index (κ2) is 55.4. The van der Waals surface area contributed by atoms with E-state index in [0.29, 0.717) is 12.8 Å². The standard InChI is InChI=1S/C60H117NO4/c1-3-5-7-9-11-13-15-17-19-21-22-23-24-25-26-27-28-29-30-31-32-33-34-35-36-38-39-41-43-45-47-49-51-53-57(63)55-60(65)61-58(56-62)59(64)54-52-50-48-46-44-42-40-37-20-18-16-14-12-10-8-6-4-2/h24-25,27-28,57-59,62-64H,3-23,26,29-56H2,1-2H3,(H,61,65)/b25-24-,28-27-. The minimum absolute atomic E-state index is 0.0394. The van der Waals surface area contributed by atoms with Crippen LogP contribution in [-0.2, 0) is 4.79 Å². The van der Waals surface area contributed by atoms with Gasteiger partial charge in [0.1, 0.15) is 0 Å². The van der Waals surface area contributed by atoms with Crippen molar-refractivity contribution in [3.63, 3.8) is 0 Å². The maximum absolute atomic E-state index is 12.5. The quantitative estimate of drug-likeness (QED) is 0.0361. The summed E-state index contributed by atoms with van der Waals surface area (Å²) in [7, 11) is 0. The van der Waals surface area contributed by atoms with E-state index in [4.69, 9.17) is 0 Å². The summed E-state index contributed by atoms with van der Waals surface area (Å²) < 4.78 is 0. The van der Waals surface area contributed by atoms with Gasteiger partial charge in [-0.05, 0) is 44.9 Å². The largest absolute Gasteiger partial charge is 0.394 e. The Labute approximate surface area is 407 Å². The lowest BCUT2D eigenvalue weighted by Gasteiger charge is -2.23. The number of amides is 1. The molecule has 0 rings (SSSR count). The van der Waals surface area contributed by atoms with E-state index >= 15 is 0 Å². The van der Waals surface area contributed by atoms with Gasteiger partial charge < -0.3 is 20.6 Å². The first-order valence-corrected chi connectivity index (χ1v) is 29.6. The van der Waals surface area contributed by atoms with Crippen molar-refractivity contribution in [1.29, 1.82) is 0 Å². The second-order valence-electron chi connectivity index (χ2n) is 20.6. The number of carbonyl (C=O) groups excluding carboxylic acids is 1. The zero-order valence-corrected chi connectivity index (χ0v) is 44.1. The van der Waals surface area contributed by atoms with Gasteiger partial charge in [0.2, 0.25) is 5.91 Å². The number of hydrogen-bond acceptors (Lipinski definition) is 4. The van der Waals surface area contributed by atoms with Gasteiger partial charge in [0.05, 0.1) is 31.3 Å². The number of aliphatic hydroxyl groups is 3. The van der Waals surface area contributed by atoms with Crippen molar-refractivity contribution in [2.24, 2.45) is 0 Å². The molecule has 0 aromatic carbocycles. The highest BCUT2D eigenvalue weighted by atomic mass is 16.3. The van der Waals surface area contributed by atoms with Crippen LogP contribution >= 0.6 is 0 Å². The van der Waals surface area contributed by atoms with Crippen molar-refractivity contribution in [2.45, 2.75) is 347 Å². The summed E-state index contributed by atoms with van der Waals surface area (Å²) in [4.78, 5) is 12.5. The molecule has 5 heteroatoms. The van der Waals surface area contributed by atoms with E-state index in [2.05, 4.69) is 43.5 Å². The molecule has 0 radical (unpaired) electrons. The van der Waals surface area contributed by atoms with Crippen molar-refractivity contribution < 1.29 is 20.1 Å². The molecule has 0 aliphatic carbocycles. The lowest BCUT2D eigenvalue weighted by molar-refractivity contribution is -0.125. The molecule has 0 aromatic rings. The highest BCUT2D eigenvalue weighted by molar-refractivity contribution is 5.76. The van der Waals surface area contributed by atoms with E-state index in [1.165, 1.54) is 263 Å². The molecule has 3 atom stereocenters. The highest BCUT2D eigenvalue weighted by Gasteiger charge is 2.21. The zero-order chi connectivity index (χ0) is 47.2. The van der Waals surface area contributed by atoms with E-state index < -0.39 is 18.2 Å². The van der Waals surface area contributed by atoms with Crippen LogP contribution in [0.4, 0.5) is 0 Å². The van der Waals surface area contributed by atoms with Crippen LogP contribution in [0.25, 0.3) is 0 Å². The molecule has 0 saturated heterocycles. The SMILES string of the molecule is CCCCCCCCCCCCC/C=C\C/C=C\CCCCCCCCCCCCCCCCCC(O)CC(=O)NC(CO)C(O)CCCCCCCCCCCCCCCCCCC. The van der Waals surface area contributed by atoms with Crippen molar-refractivity contribution in [3.05, 3.63) is 24.3 Å². The molecule has 4 N–H and O–H groups in total. The Morgan fingerprint density at radius 2 is 0.662 bits per heavy atom. The summed E-state index contributed by atoms with van der Waals surface area (Å²) in [6, 6.07) is -0.657. The van der Waals surface area contributed by atoms with E-state index in [9.17, 15) is 20.1 Å². The van der Waals surface area contributed by atoms with Gasteiger partial charge in [-0.15, -0.1) is 0 Å². The monoisotopic (exact) mass is 916 g/mol. The first-order chi connectivity index (χ1) is 32.0. The Bertz CT molecular complexity index is 967. The minimum atomic E-state index is -0.748. The molecule has 3 unspecified atom stereocenters. The first kappa shape index (κ1) is 63.8. The van der Waals surface area contributed by atoms with Gasteiger partial charge in [-0.3, -0.25) is 4.79 Å². The lowest BCUT2D eigenvalue weighted by atomic mass is 10.0. The average molecular weight is 917 g/mol. The fourth-order valence-corrected chi connectivity index (χ4v) is 9.50. The van der Waals surface area contributed by atoms with Crippen LogP contribution in [0.3, 0.4) is 0 Å². The van der Waals surface area contributed by atoms with Gasteiger partial charge >= 0.3 is 0 Å². The van der Waals surface area contributed by atoms with Crippen LogP contribution in [-0.4, -0.2) is 46.1 Å². The second-order valence-corrected chi connectivity index (χ2v) is 20.6. The number of hydrogen-bond donors (Lipinski definition) is 4. The van der Waals surface area contributed by atoms with Crippen molar-refractivity contribution in [2.75, 3.05) is 6.61 Å². The Balaban J connectivity index is 3.48.